The number of nitrogens with one attached hydrogen (secondary N) is 2. The van der Waals surface area contributed by atoms with Gasteiger partial charge >= 0.3 is 0 Å². The largest absolute Gasteiger partial charge is 0.379 e. The third-order valence-corrected chi connectivity index (χ3v) is 5.39. The lowest BCUT2D eigenvalue weighted by atomic mass is 10.2. The number of nitrogens with zero attached hydrogens (tertiary/aromatic N) is 2. The Labute approximate surface area is 169 Å². The summed E-state index contributed by atoms with van der Waals surface area (Å²) in [6.45, 7) is 9.25. The van der Waals surface area contributed by atoms with Crippen molar-refractivity contribution in [2.75, 3.05) is 46.0 Å². The zero-order valence-corrected chi connectivity index (χ0v) is 17.2. The maximum Gasteiger partial charge on any atom is 0.191 e. The molecule has 0 saturated carbocycles. The molecule has 0 aromatic heterocycles. The number of guanidine groups is 1. The topological polar surface area (TPSA) is 58.1 Å². The quantitative estimate of drug-likeness (QED) is 0.366. The van der Waals surface area contributed by atoms with Gasteiger partial charge in [0.2, 0.25) is 0 Å². The van der Waals surface area contributed by atoms with Gasteiger partial charge in [0.05, 0.1) is 19.3 Å². The molecule has 2 unspecified atom stereocenters. The van der Waals surface area contributed by atoms with Gasteiger partial charge < -0.3 is 20.1 Å². The van der Waals surface area contributed by atoms with Gasteiger partial charge in [0.25, 0.3) is 0 Å². The Morgan fingerprint density at radius 3 is 2.93 bits per heavy atom. The van der Waals surface area contributed by atoms with Crippen molar-refractivity contribution in [3.63, 3.8) is 0 Å². The normalized spacial score (nSPS) is 23.2. The van der Waals surface area contributed by atoms with E-state index in [4.69, 9.17) is 14.5 Å². The van der Waals surface area contributed by atoms with Gasteiger partial charge in [0.1, 0.15) is 0 Å². The van der Waals surface area contributed by atoms with Crippen LogP contribution in [0.4, 0.5) is 0 Å². The van der Waals surface area contributed by atoms with Crippen molar-refractivity contribution in [2.45, 2.75) is 51.3 Å². The summed E-state index contributed by atoms with van der Waals surface area (Å²) in [5.74, 6) is 0.915. The highest BCUT2D eigenvalue weighted by atomic mass is 16.5. The highest BCUT2D eigenvalue weighted by Crippen LogP contribution is 2.20. The predicted octanol–water partition coefficient (Wildman–Crippen LogP) is 2.40. The third-order valence-electron chi connectivity index (χ3n) is 5.39. The molecule has 156 valence electrons. The molecule has 3 rings (SSSR count). The molecule has 2 N–H and O–H groups in total. The van der Waals surface area contributed by atoms with Gasteiger partial charge in [-0.15, -0.1) is 0 Å². The van der Waals surface area contributed by atoms with Gasteiger partial charge in [0.15, 0.2) is 5.96 Å². The first-order chi connectivity index (χ1) is 13.8. The molecule has 0 aliphatic carbocycles. The van der Waals surface area contributed by atoms with E-state index < -0.39 is 0 Å². The van der Waals surface area contributed by atoms with E-state index in [-0.39, 0.29) is 0 Å². The van der Waals surface area contributed by atoms with E-state index in [0.717, 1.165) is 64.8 Å². The van der Waals surface area contributed by atoms with E-state index in [2.05, 4.69) is 52.8 Å². The van der Waals surface area contributed by atoms with Crippen LogP contribution in [0.15, 0.2) is 35.3 Å². The SMILES string of the molecule is CCNC(=NCC1CCCN1Cc1ccccc1)NCCCOC1CCOC1. The van der Waals surface area contributed by atoms with Crippen molar-refractivity contribution in [2.24, 2.45) is 4.99 Å². The fourth-order valence-corrected chi connectivity index (χ4v) is 3.84. The van der Waals surface area contributed by atoms with Crippen LogP contribution in [-0.2, 0) is 16.0 Å². The maximum absolute atomic E-state index is 5.82. The van der Waals surface area contributed by atoms with Gasteiger partial charge in [-0.05, 0) is 44.7 Å². The number of ether oxygens (including phenoxy) is 2. The number of aliphatic imine (C=N–C) groups is 1. The molecule has 6 heteroatoms. The molecule has 2 saturated heterocycles. The molecule has 2 fully saturated rings. The first-order valence-corrected chi connectivity index (χ1v) is 10.8. The number of hydrogen-bond donors (Lipinski definition) is 2. The summed E-state index contributed by atoms with van der Waals surface area (Å²) in [4.78, 5) is 7.42. The second-order valence-corrected chi connectivity index (χ2v) is 7.61. The smallest absolute Gasteiger partial charge is 0.191 e. The Bertz CT molecular complexity index is 575. The minimum Gasteiger partial charge on any atom is -0.379 e. The van der Waals surface area contributed by atoms with E-state index in [1.807, 2.05) is 0 Å². The van der Waals surface area contributed by atoms with Crippen molar-refractivity contribution < 1.29 is 9.47 Å². The van der Waals surface area contributed by atoms with Gasteiger partial charge in [-0.25, -0.2) is 0 Å². The minimum absolute atomic E-state index is 0.292. The van der Waals surface area contributed by atoms with Gasteiger partial charge in [-0.2, -0.15) is 0 Å². The lowest BCUT2D eigenvalue weighted by molar-refractivity contribution is 0.0420. The van der Waals surface area contributed by atoms with Crippen LogP contribution >= 0.6 is 0 Å². The fourth-order valence-electron chi connectivity index (χ4n) is 3.84. The van der Waals surface area contributed by atoms with Crippen molar-refractivity contribution in [1.82, 2.24) is 15.5 Å². The van der Waals surface area contributed by atoms with E-state index in [1.54, 1.807) is 0 Å². The second kappa shape index (κ2) is 12.0. The molecule has 6 nitrogen and oxygen atoms in total. The van der Waals surface area contributed by atoms with E-state index in [1.165, 1.54) is 24.9 Å². The molecule has 2 atom stereocenters. The molecule has 2 aliphatic rings. The van der Waals surface area contributed by atoms with Crippen molar-refractivity contribution in [3.8, 4) is 0 Å². The summed E-state index contributed by atoms with van der Waals surface area (Å²) in [6, 6.07) is 11.3. The van der Waals surface area contributed by atoms with Crippen LogP contribution in [-0.4, -0.2) is 69.0 Å². The molecule has 1 aromatic rings. The van der Waals surface area contributed by atoms with Gasteiger partial charge in [0, 0.05) is 38.9 Å². The lowest BCUT2D eigenvalue weighted by Crippen LogP contribution is -2.39. The van der Waals surface area contributed by atoms with Crippen molar-refractivity contribution >= 4 is 5.96 Å². The molecule has 0 spiro atoms. The molecule has 0 radical (unpaired) electrons. The third kappa shape index (κ3) is 7.08. The summed E-state index contributed by atoms with van der Waals surface area (Å²) in [6.07, 6.45) is 4.79. The fraction of sp³-hybridized carbons (Fsp3) is 0.682. The minimum atomic E-state index is 0.292. The van der Waals surface area contributed by atoms with Gasteiger partial charge in [-0.1, -0.05) is 30.3 Å². The van der Waals surface area contributed by atoms with Crippen molar-refractivity contribution in [3.05, 3.63) is 35.9 Å². The number of hydrogen-bond acceptors (Lipinski definition) is 4. The summed E-state index contributed by atoms with van der Waals surface area (Å²) in [5.41, 5.74) is 1.39. The summed E-state index contributed by atoms with van der Waals surface area (Å²) in [5, 5.41) is 6.81. The number of benzene rings is 1. The van der Waals surface area contributed by atoms with Crippen LogP contribution in [0.3, 0.4) is 0 Å². The molecular formula is C22H36N4O2. The molecule has 2 heterocycles. The van der Waals surface area contributed by atoms with Crippen LogP contribution in [0.25, 0.3) is 0 Å². The molecule has 0 amide bonds. The van der Waals surface area contributed by atoms with Crippen LogP contribution in [0.5, 0.6) is 0 Å². The highest BCUT2D eigenvalue weighted by molar-refractivity contribution is 5.79. The van der Waals surface area contributed by atoms with Crippen LogP contribution in [0.2, 0.25) is 0 Å². The zero-order chi connectivity index (χ0) is 19.4. The van der Waals surface area contributed by atoms with E-state index in [0.29, 0.717) is 12.1 Å². The molecule has 28 heavy (non-hydrogen) atoms. The molecule has 2 aliphatic heterocycles. The monoisotopic (exact) mass is 388 g/mol. The Hall–Kier alpha value is -1.63. The van der Waals surface area contributed by atoms with Crippen LogP contribution < -0.4 is 10.6 Å². The first kappa shape index (κ1) is 21.1. The summed E-state index contributed by atoms with van der Waals surface area (Å²) < 4.78 is 11.2. The van der Waals surface area contributed by atoms with Crippen LogP contribution in [0, 0.1) is 0 Å². The van der Waals surface area contributed by atoms with E-state index >= 15 is 0 Å². The molecule has 0 bridgehead atoms. The van der Waals surface area contributed by atoms with Crippen molar-refractivity contribution in [1.29, 1.82) is 0 Å². The number of likely N-dealkylation sites (tertiary alicyclic amines) is 1. The molecule has 1 aromatic carbocycles. The van der Waals surface area contributed by atoms with E-state index in [9.17, 15) is 0 Å². The average molecular weight is 389 g/mol. The summed E-state index contributed by atoms with van der Waals surface area (Å²) in [7, 11) is 0. The lowest BCUT2D eigenvalue weighted by Gasteiger charge is -2.23. The Balaban J connectivity index is 1.39. The predicted molar refractivity (Wildman–Crippen MR) is 114 cm³/mol. The Morgan fingerprint density at radius 1 is 1.25 bits per heavy atom. The van der Waals surface area contributed by atoms with Crippen LogP contribution in [0.1, 0.15) is 38.2 Å². The average Bonchev–Trinajstić information content (AvgIpc) is 3.39. The summed E-state index contributed by atoms with van der Waals surface area (Å²) >= 11 is 0. The van der Waals surface area contributed by atoms with Gasteiger partial charge in [-0.3, -0.25) is 9.89 Å². The highest BCUT2D eigenvalue weighted by Gasteiger charge is 2.24. The Kier molecular flexibility index (Phi) is 9.07. The second-order valence-electron chi connectivity index (χ2n) is 7.61. The zero-order valence-electron chi connectivity index (χ0n) is 17.2. The number of rotatable bonds is 10. The first-order valence-electron chi connectivity index (χ1n) is 10.8. The maximum atomic E-state index is 5.82. The Morgan fingerprint density at radius 2 is 2.14 bits per heavy atom. The standard InChI is InChI=1S/C22H36N4O2/c1-2-23-22(24-12-7-14-28-21-11-15-27-18-21)25-16-20-10-6-13-26(20)17-19-8-4-3-5-9-19/h3-5,8-9,20-21H,2,6-7,10-18H2,1H3,(H2,23,24,25). The molecular weight excluding hydrogens is 352 g/mol.